The third-order valence-corrected chi connectivity index (χ3v) is 4.64. The van der Waals surface area contributed by atoms with E-state index in [1.807, 2.05) is 6.07 Å². The Morgan fingerprint density at radius 1 is 1.19 bits per heavy atom. The average Bonchev–Trinajstić information content (AvgIpc) is 2.90. The lowest BCUT2D eigenvalue weighted by Gasteiger charge is -1.99. The van der Waals surface area contributed by atoms with Gasteiger partial charge in [0.2, 0.25) is 0 Å². The lowest BCUT2D eigenvalue weighted by molar-refractivity contribution is 0.628. The van der Waals surface area contributed by atoms with E-state index in [1.54, 1.807) is 23.5 Å². The predicted octanol–water partition coefficient (Wildman–Crippen LogP) is 5.49. The van der Waals surface area contributed by atoms with E-state index in [0.717, 1.165) is 45.7 Å². The first-order valence-corrected chi connectivity index (χ1v) is 8.08. The molecule has 21 heavy (non-hydrogen) atoms. The molecule has 0 aliphatic rings. The molecule has 2 heterocycles. The monoisotopic (exact) mass is 320 g/mol. The quantitative estimate of drug-likeness (QED) is 0.594. The van der Waals surface area contributed by atoms with Crippen LogP contribution >= 0.6 is 22.9 Å². The van der Waals surface area contributed by atoms with Crippen molar-refractivity contribution in [2.45, 2.75) is 26.2 Å². The largest absolute Gasteiger partial charge is 0.222 e. The standard InChI is InChI=1S/C16H14ClFN2S/c1-2-3-4-14-19-15(17)12-9-13(21-16(12)20-14)10-5-7-11(18)8-6-10/h5-9H,2-4H2,1H3. The van der Waals surface area contributed by atoms with Gasteiger partial charge in [0, 0.05) is 16.7 Å². The van der Waals surface area contributed by atoms with E-state index in [-0.39, 0.29) is 5.82 Å². The first kappa shape index (κ1) is 14.4. The summed E-state index contributed by atoms with van der Waals surface area (Å²) >= 11 is 7.82. The van der Waals surface area contributed by atoms with Crippen LogP contribution in [0.2, 0.25) is 5.15 Å². The molecule has 2 nitrogen and oxygen atoms in total. The Balaban J connectivity index is 2.02. The van der Waals surface area contributed by atoms with E-state index in [4.69, 9.17) is 11.6 Å². The van der Waals surface area contributed by atoms with Crippen molar-refractivity contribution >= 4 is 33.2 Å². The molecule has 0 aliphatic carbocycles. The molecule has 0 fully saturated rings. The molecule has 5 heteroatoms. The molecule has 0 unspecified atom stereocenters. The number of aromatic nitrogens is 2. The van der Waals surface area contributed by atoms with Crippen LogP contribution in [0.25, 0.3) is 20.7 Å². The number of hydrogen-bond acceptors (Lipinski definition) is 3. The molecule has 0 amide bonds. The van der Waals surface area contributed by atoms with Gasteiger partial charge < -0.3 is 0 Å². The van der Waals surface area contributed by atoms with Crippen molar-refractivity contribution in [3.8, 4) is 10.4 Å². The molecule has 1 aromatic carbocycles. The number of fused-ring (bicyclic) bond motifs is 1. The fourth-order valence-corrected chi connectivity index (χ4v) is 3.48. The second-order valence-electron chi connectivity index (χ2n) is 4.87. The SMILES string of the molecule is CCCCc1nc(Cl)c2cc(-c3ccc(F)cc3)sc2n1. The molecule has 0 radical (unpaired) electrons. The zero-order valence-corrected chi connectivity index (χ0v) is 13.1. The molecular weight excluding hydrogens is 307 g/mol. The summed E-state index contributed by atoms with van der Waals surface area (Å²) in [5, 5.41) is 1.36. The van der Waals surface area contributed by atoms with Crippen molar-refractivity contribution in [2.24, 2.45) is 0 Å². The van der Waals surface area contributed by atoms with Crippen molar-refractivity contribution in [1.29, 1.82) is 0 Å². The van der Waals surface area contributed by atoms with Gasteiger partial charge in [-0.3, -0.25) is 0 Å². The van der Waals surface area contributed by atoms with Crippen molar-refractivity contribution in [2.75, 3.05) is 0 Å². The summed E-state index contributed by atoms with van der Waals surface area (Å²) in [6, 6.07) is 8.41. The molecule has 0 atom stereocenters. The van der Waals surface area contributed by atoms with Gasteiger partial charge in [-0.25, -0.2) is 14.4 Å². The number of nitrogens with zero attached hydrogens (tertiary/aromatic N) is 2. The van der Waals surface area contributed by atoms with E-state index in [9.17, 15) is 4.39 Å². The van der Waals surface area contributed by atoms with E-state index >= 15 is 0 Å². The highest BCUT2D eigenvalue weighted by Gasteiger charge is 2.11. The van der Waals surface area contributed by atoms with Crippen LogP contribution in [-0.4, -0.2) is 9.97 Å². The van der Waals surface area contributed by atoms with E-state index in [0.29, 0.717) is 5.15 Å². The van der Waals surface area contributed by atoms with Crippen LogP contribution in [-0.2, 0) is 6.42 Å². The zero-order valence-electron chi connectivity index (χ0n) is 11.6. The third-order valence-electron chi connectivity index (χ3n) is 3.28. The molecular formula is C16H14ClFN2S. The lowest BCUT2D eigenvalue weighted by Crippen LogP contribution is -1.94. The Morgan fingerprint density at radius 3 is 2.67 bits per heavy atom. The average molecular weight is 321 g/mol. The zero-order chi connectivity index (χ0) is 14.8. The summed E-state index contributed by atoms with van der Waals surface area (Å²) in [5.74, 6) is 0.557. The highest BCUT2D eigenvalue weighted by atomic mass is 35.5. The Bertz CT molecular complexity index is 768. The Kier molecular flexibility index (Phi) is 4.17. The third kappa shape index (κ3) is 3.06. The number of benzene rings is 1. The maximum Gasteiger partial charge on any atom is 0.141 e. The molecule has 0 saturated heterocycles. The number of halogens is 2. The number of rotatable bonds is 4. The van der Waals surface area contributed by atoms with Gasteiger partial charge in [-0.05, 0) is 30.2 Å². The van der Waals surface area contributed by atoms with Gasteiger partial charge in [-0.2, -0.15) is 0 Å². The van der Waals surface area contributed by atoms with Gasteiger partial charge in [0.25, 0.3) is 0 Å². The number of unbranched alkanes of at least 4 members (excludes halogenated alkanes) is 1. The van der Waals surface area contributed by atoms with Crippen molar-refractivity contribution in [1.82, 2.24) is 9.97 Å². The fraction of sp³-hybridized carbons (Fsp3) is 0.250. The Labute approximate surface area is 131 Å². The molecule has 3 aromatic rings. The Hall–Kier alpha value is -1.52. The van der Waals surface area contributed by atoms with Gasteiger partial charge in [-0.15, -0.1) is 11.3 Å². The highest BCUT2D eigenvalue weighted by Crippen LogP contribution is 2.35. The number of thiophene rings is 1. The molecule has 0 N–H and O–H groups in total. The lowest BCUT2D eigenvalue weighted by atomic mass is 10.2. The van der Waals surface area contributed by atoms with Crippen LogP contribution in [0.3, 0.4) is 0 Å². The maximum atomic E-state index is 13.0. The molecule has 0 bridgehead atoms. The van der Waals surface area contributed by atoms with E-state index in [1.165, 1.54) is 12.1 Å². The van der Waals surface area contributed by atoms with E-state index in [2.05, 4.69) is 16.9 Å². The molecule has 3 rings (SSSR count). The minimum Gasteiger partial charge on any atom is -0.222 e. The summed E-state index contributed by atoms with van der Waals surface area (Å²) in [6.45, 7) is 2.14. The molecule has 0 saturated carbocycles. The summed E-state index contributed by atoms with van der Waals surface area (Å²) in [6.07, 6.45) is 3.00. The molecule has 2 aromatic heterocycles. The second kappa shape index (κ2) is 6.08. The van der Waals surface area contributed by atoms with Gasteiger partial charge in [0.05, 0.1) is 0 Å². The first-order valence-electron chi connectivity index (χ1n) is 6.89. The van der Waals surface area contributed by atoms with Crippen LogP contribution in [0.15, 0.2) is 30.3 Å². The van der Waals surface area contributed by atoms with Crippen LogP contribution in [0.5, 0.6) is 0 Å². The van der Waals surface area contributed by atoms with Crippen molar-refractivity contribution < 1.29 is 4.39 Å². The van der Waals surface area contributed by atoms with E-state index < -0.39 is 0 Å². The number of aryl methyl sites for hydroxylation is 1. The van der Waals surface area contributed by atoms with Crippen molar-refractivity contribution in [3.05, 3.63) is 47.1 Å². The van der Waals surface area contributed by atoms with Gasteiger partial charge >= 0.3 is 0 Å². The minimum atomic E-state index is -0.237. The number of hydrogen-bond donors (Lipinski definition) is 0. The minimum absolute atomic E-state index is 0.237. The normalized spacial score (nSPS) is 11.2. The summed E-state index contributed by atoms with van der Waals surface area (Å²) in [5.41, 5.74) is 0.963. The van der Waals surface area contributed by atoms with Crippen LogP contribution < -0.4 is 0 Å². The predicted molar refractivity (Wildman–Crippen MR) is 86.4 cm³/mol. The maximum absolute atomic E-state index is 13.0. The van der Waals surface area contributed by atoms with Crippen LogP contribution in [0.1, 0.15) is 25.6 Å². The smallest absolute Gasteiger partial charge is 0.141 e. The van der Waals surface area contributed by atoms with Crippen molar-refractivity contribution in [3.63, 3.8) is 0 Å². The summed E-state index contributed by atoms with van der Waals surface area (Å²) < 4.78 is 13.0. The molecule has 0 spiro atoms. The Morgan fingerprint density at radius 2 is 1.95 bits per heavy atom. The summed E-state index contributed by atoms with van der Waals surface area (Å²) in [4.78, 5) is 10.9. The van der Waals surface area contributed by atoms with Gasteiger partial charge in [0.15, 0.2) is 0 Å². The van der Waals surface area contributed by atoms with Crippen LogP contribution in [0, 0.1) is 5.82 Å². The van der Waals surface area contributed by atoms with Crippen LogP contribution in [0.4, 0.5) is 4.39 Å². The van der Waals surface area contributed by atoms with Gasteiger partial charge in [0.1, 0.15) is 21.6 Å². The topological polar surface area (TPSA) is 25.8 Å². The fourth-order valence-electron chi connectivity index (χ4n) is 2.13. The first-order chi connectivity index (χ1) is 10.2. The molecule has 0 aliphatic heterocycles. The van der Waals surface area contributed by atoms with Gasteiger partial charge in [-0.1, -0.05) is 37.1 Å². The summed E-state index contributed by atoms with van der Waals surface area (Å²) in [7, 11) is 0. The molecule has 108 valence electrons. The highest BCUT2D eigenvalue weighted by molar-refractivity contribution is 7.21. The second-order valence-corrected chi connectivity index (χ2v) is 6.26.